The number of hydrogen-bond donors (Lipinski definition) is 0. The highest BCUT2D eigenvalue weighted by Crippen LogP contribution is 2.30. The molecule has 3 saturated heterocycles. The Morgan fingerprint density at radius 1 is 0.650 bits per heavy atom. The third kappa shape index (κ3) is 5.76. The summed E-state index contributed by atoms with van der Waals surface area (Å²) < 4.78 is 10.9. The Morgan fingerprint density at radius 2 is 1.00 bits per heavy atom. The number of benzene rings is 2. The van der Waals surface area contributed by atoms with Crippen molar-refractivity contribution in [2.24, 2.45) is 11.8 Å². The van der Waals surface area contributed by atoms with Gasteiger partial charge in [-0.25, -0.2) is 0 Å². The fourth-order valence-electron chi connectivity index (χ4n) is 5.69. The quantitative estimate of drug-likeness (QED) is 0.503. The van der Waals surface area contributed by atoms with Crippen LogP contribution in [-0.2, 0) is 19.2 Å². The smallest absolute Gasteiger partial charge is 0.228 e. The first-order chi connectivity index (χ1) is 19.4. The van der Waals surface area contributed by atoms with Crippen LogP contribution < -0.4 is 19.3 Å². The van der Waals surface area contributed by atoms with Crippen molar-refractivity contribution in [2.75, 3.05) is 62.3 Å². The summed E-state index contributed by atoms with van der Waals surface area (Å²) >= 11 is 0. The highest BCUT2D eigenvalue weighted by atomic mass is 16.5. The third-order valence-electron chi connectivity index (χ3n) is 7.77. The van der Waals surface area contributed by atoms with Gasteiger partial charge in [0.2, 0.25) is 23.6 Å². The van der Waals surface area contributed by atoms with Gasteiger partial charge in [0, 0.05) is 63.5 Å². The number of carbonyl (C=O) groups excluding carboxylic acids is 4. The van der Waals surface area contributed by atoms with Crippen molar-refractivity contribution in [1.82, 2.24) is 9.80 Å². The topological polar surface area (TPSA) is 99.7 Å². The standard InChI is InChI=1S/C30H36N4O6/c1-3-39-25-9-5-23(6-10-25)33-19-21(17-27(33)35)29(37)31-13-15-32(16-14-31)30(38)22-18-28(36)34(20-22)24-7-11-26(12-8-24)40-4-2/h5-12,21-22H,3-4,13-20H2,1-2H3. The normalized spacial score (nSPS) is 21.2. The Kier molecular flexibility index (Phi) is 8.23. The lowest BCUT2D eigenvalue weighted by Gasteiger charge is -2.36. The second kappa shape index (κ2) is 12.0. The molecule has 40 heavy (non-hydrogen) atoms. The monoisotopic (exact) mass is 548 g/mol. The Bertz CT molecular complexity index is 1140. The predicted molar refractivity (Wildman–Crippen MR) is 149 cm³/mol. The molecule has 3 heterocycles. The van der Waals surface area contributed by atoms with Gasteiger partial charge in [-0.2, -0.15) is 0 Å². The van der Waals surface area contributed by atoms with Crippen LogP contribution in [0.4, 0.5) is 11.4 Å². The molecule has 10 nitrogen and oxygen atoms in total. The van der Waals surface area contributed by atoms with Crippen LogP contribution in [-0.4, -0.2) is 85.9 Å². The van der Waals surface area contributed by atoms with Crippen molar-refractivity contribution in [3.8, 4) is 11.5 Å². The summed E-state index contributed by atoms with van der Waals surface area (Å²) in [5.41, 5.74) is 1.51. The van der Waals surface area contributed by atoms with Crippen LogP contribution in [0.1, 0.15) is 26.7 Å². The van der Waals surface area contributed by atoms with Crippen molar-refractivity contribution in [3.63, 3.8) is 0 Å². The SMILES string of the molecule is CCOc1ccc(N2CC(C(=O)N3CCN(C(=O)C4CC(=O)N(c5ccc(OCC)cc5)C4)CC3)CC2=O)cc1. The molecule has 0 saturated carbocycles. The van der Waals surface area contributed by atoms with E-state index < -0.39 is 11.8 Å². The molecule has 2 aromatic rings. The zero-order chi connectivity index (χ0) is 28.2. The Balaban J connectivity index is 1.12. The molecule has 2 atom stereocenters. The first kappa shape index (κ1) is 27.5. The van der Waals surface area contributed by atoms with Gasteiger partial charge in [0.1, 0.15) is 11.5 Å². The van der Waals surface area contributed by atoms with Crippen molar-refractivity contribution in [2.45, 2.75) is 26.7 Å². The van der Waals surface area contributed by atoms with Gasteiger partial charge < -0.3 is 29.1 Å². The van der Waals surface area contributed by atoms with Crippen molar-refractivity contribution >= 4 is 35.0 Å². The zero-order valence-electron chi connectivity index (χ0n) is 23.1. The summed E-state index contributed by atoms with van der Waals surface area (Å²) in [5, 5.41) is 0. The number of anilines is 2. The van der Waals surface area contributed by atoms with Gasteiger partial charge in [-0.1, -0.05) is 0 Å². The minimum Gasteiger partial charge on any atom is -0.494 e. The lowest BCUT2D eigenvalue weighted by molar-refractivity contribution is -0.143. The molecule has 0 bridgehead atoms. The first-order valence-corrected chi connectivity index (χ1v) is 14.0. The van der Waals surface area contributed by atoms with E-state index in [1.54, 1.807) is 19.6 Å². The van der Waals surface area contributed by atoms with E-state index in [1.807, 2.05) is 62.4 Å². The lowest BCUT2D eigenvalue weighted by Crippen LogP contribution is -2.53. The van der Waals surface area contributed by atoms with Gasteiger partial charge in [-0.05, 0) is 62.4 Å². The van der Waals surface area contributed by atoms with Gasteiger partial charge in [0.25, 0.3) is 0 Å². The molecule has 0 radical (unpaired) electrons. The average molecular weight is 549 g/mol. The number of amides is 4. The molecule has 2 aromatic carbocycles. The third-order valence-corrected chi connectivity index (χ3v) is 7.77. The van der Waals surface area contributed by atoms with Crippen LogP contribution in [0, 0.1) is 11.8 Å². The Hall–Kier alpha value is -4.08. The number of rotatable bonds is 8. The molecule has 3 aliphatic heterocycles. The molecule has 10 heteroatoms. The van der Waals surface area contributed by atoms with E-state index in [0.717, 1.165) is 22.9 Å². The van der Waals surface area contributed by atoms with E-state index in [-0.39, 0.29) is 36.5 Å². The summed E-state index contributed by atoms with van der Waals surface area (Å²) in [4.78, 5) is 58.8. The predicted octanol–water partition coefficient (Wildman–Crippen LogP) is 2.56. The van der Waals surface area contributed by atoms with Crippen LogP contribution in [0.3, 0.4) is 0 Å². The maximum atomic E-state index is 13.3. The molecule has 0 aromatic heterocycles. The van der Waals surface area contributed by atoms with Crippen LogP contribution >= 0.6 is 0 Å². The Morgan fingerprint density at radius 3 is 1.32 bits per heavy atom. The summed E-state index contributed by atoms with van der Waals surface area (Å²) in [7, 11) is 0. The maximum absolute atomic E-state index is 13.3. The van der Waals surface area contributed by atoms with Crippen LogP contribution in [0.25, 0.3) is 0 Å². The zero-order valence-corrected chi connectivity index (χ0v) is 23.1. The van der Waals surface area contributed by atoms with Crippen LogP contribution in [0.2, 0.25) is 0 Å². The molecular formula is C30H36N4O6. The van der Waals surface area contributed by atoms with Crippen molar-refractivity contribution < 1.29 is 28.7 Å². The van der Waals surface area contributed by atoms with Crippen LogP contribution in [0.5, 0.6) is 11.5 Å². The lowest BCUT2D eigenvalue weighted by atomic mass is 10.0. The molecular weight excluding hydrogens is 512 g/mol. The largest absolute Gasteiger partial charge is 0.494 e. The number of piperazine rings is 1. The average Bonchev–Trinajstić information content (AvgIpc) is 3.56. The highest BCUT2D eigenvalue weighted by Gasteiger charge is 2.40. The van der Waals surface area contributed by atoms with E-state index in [9.17, 15) is 19.2 Å². The molecule has 2 unspecified atom stereocenters. The fraction of sp³-hybridized carbons (Fsp3) is 0.467. The second-order valence-corrected chi connectivity index (χ2v) is 10.3. The second-order valence-electron chi connectivity index (χ2n) is 10.3. The molecule has 3 aliphatic rings. The molecule has 4 amide bonds. The van der Waals surface area contributed by atoms with Crippen LogP contribution in [0.15, 0.2) is 48.5 Å². The molecule has 0 spiro atoms. The van der Waals surface area contributed by atoms with E-state index in [2.05, 4.69) is 0 Å². The van der Waals surface area contributed by atoms with Gasteiger partial charge in [0.15, 0.2) is 0 Å². The number of carbonyl (C=O) groups is 4. The van der Waals surface area contributed by atoms with E-state index in [4.69, 9.17) is 9.47 Å². The van der Waals surface area contributed by atoms with E-state index in [1.165, 1.54) is 0 Å². The highest BCUT2D eigenvalue weighted by molar-refractivity contribution is 6.01. The minimum absolute atomic E-state index is 0.0494. The number of hydrogen-bond acceptors (Lipinski definition) is 6. The summed E-state index contributed by atoms with van der Waals surface area (Å²) in [6.45, 7) is 7.32. The molecule has 0 aliphatic carbocycles. The summed E-state index contributed by atoms with van der Waals surface area (Å²) in [6.07, 6.45) is 0.355. The molecule has 212 valence electrons. The van der Waals surface area contributed by atoms with Crippen molar-refractivity contribution in [1.29, 1.82) is 0 Å². The molecule has 3 fully saturated rings. The first-order valence-electron chi connectivity index (χ1n) is 14.0. The number of ether oxygens (including phenoxy) is 2. The van der Waals surface area contributed by atoms with E-state index in [0.29, 0.717) is 52.5 Å². The van der Waals surface area contributed by atoms with Gasteiger partial charge in [-0.15, -0.1) is 0 Å². The van der Waals surface area contributed by atoms with Crippen molar-refractivity contribution in [3.05, 3.63) is 48.5 Å². The molecule has 0 N–H and O–H groups in total. The fourth-order valence-corrected chi connectivity index (χ4v) is 5.69. The van der Waals surface area contributed by atoms with Gasteiger partial charge >= 0.3 is 0 Å². The Labute approximate surface area is 234 Å². The summed E-state index contributed by atoms with van der Waals surface area (Å²) in [5.74, 6) is 0.428. The minimum atomic E-state index is -0.406. The molecule has 5 rings (SSSR count). The number of nitrogens with zero attached hydrogens (tertiary/aromatic N) is 4. The summed E-state index contributed by atoms with van der Waals surface area (Å²) in [6, 6.07) is 14.7. The van der Waals surface area contributed by atoms with Gasteiger partial charge in [0.05, 0.1) is 25.0 Å². The van der Waals surface area contributed by atoms with E-state index >= 15 is 0 Å². The maximum Gasteiger partial charge on any atom is 0.228 e. The van der Waals surface area contributed by atoms with Gasteiger partial charge in [-0.3, -0.25) is 19.2 Å².